The van der Waals surface area contributed by atoms with Gasteiger partial charge in [-0.25, -0.2) is 4.79 Å². The molecule has 2 aromatic rings. The summed E-state index contributed by atoms with van der Waals surface area (Å²) in [5, 5.41) is 4.06. The number of carbonyl (C=O) groups is 1. The highest BCUT2D eigenvalue weighted by Crippen LogP contribution is 2.31. The van der Waals surface area contributed by atoms with Gasteiger partial charge in [0.25, 0.3) is 0 Å². The van der Waals surface area contributed by atoms with E-state index in [0.29, 0.717) is 22.3 Å². The van der Waals surface area contributed by atoms with Crippen molar-refractivity contribution in [2.75, 3.05) is 7.11 Å². The van der Waals surface area contributed by atoms with Crippen LogP contribution in [0.1, 0.15) is 36.9 Å². The fourth-order valence-corrected chi connectivity index (χ4v) is 3.17. The van der Waals surface area contributed by atoms with Crippen molar-refractivity contribution in [1.29, 1.82) is 0 Å². The summed E-state index contributed by atoms with van der Waals surface area (Å²) < 4.78 is 5.33. The van der Waals surface area contributed by atoms with Gasteiger partial charge in [-0.05, 0) is 43.5 Å². The van der Waals surface area contributed by atoms with Crippen molar-refractivity contribution in [2.24, 2.45) is 0 Å². The zero-order valence-electron chi connectivity index (χ0n) is 14.7. The normalized spacial score (nSPS) is 14.6. The molecule has 1 saturated carbocycles. The van der Waals surface area contributed by atoms with E-state index in [0.717, 1.165) is 24.0 Å². The van der Waals surface area contributed by atoms with Crippen LogP contribution in [-0.2, 0) is 6.54 Å². The lowest BCUT2D eigenvalue weighted by Crippen LogP contribution is -2.42. The molecule has 0 spiro atoms. The zero-order valence-corrected chi connectivity index (χ0v) is 16.2. The number of ether oxygens (including phenoxy) is 1. The molecule has 1 N–H and O–H groups in total. The second-order valence-electron chi connectivity index (χ2n) is 6.40. The molecule has 1 aliphatic rings. The number of methoxy groups -OCH3 is 1. The highest BCUT2D eigenvalue weighted by molar-refractivity contribution is 6.42. The monoisotopic (exact) mass is 393 g/mol. The van der Waals surface area contributed by atoms with Crippen LogP contribution < -0.4 is 10.1 Å². The average molecular weight is 394 g/mol. The van der Waals surface area contributed by atoms with Crippen LogP contribution in [0.3, 0.4) is 0 Å². The molecular weight excluding hydrogens is 373 g/mol. The van der Waals surface area contributed by atoms with Gasteiger partial charge in [0, 0.05) is 24.3 Å². The molecule has 0 bridgehead atoms. The molecule has 1 fully saturated rings. The first-order valence-electron chi connectivity index (χ1n) is 8.48. The Bertz CT molecular complexity index is 796. The Morgan fingerprint density at radius 1 is 1.35 bits per heavy atom. The third kappa shape index (κ3) is 4.40. The highest BCUT2D eigenvalue weighted by atomic mass is 35.5. The fourth-order valence-electron chi connectivity index (χ4n) is 2.85. The Morgan fingerprint density at radius 2 is 2.12 bits per heavy atom. The van der Waals surface area contributed by atoms with Crippen molar-refractivity contribution < 1.29 is 9.53 Å². The molecule has 1 aliphatic carbocycles. The van der Waals surface area contributed by atoms with Crippen LogP contribution in [0.15, 0.2) is 36.7 Å². The lowest BCUT2D eigenvalue weighted by Gasteiger charge is -2.26. The summed E-state index contributed by atoms with van der Waals surface area (Å²) in [5.74, 6) is 0.655. The van der Waals surface area contributed by atoms with Crippen LogP contribution >= 0.6 is 23.2 Å². The Morgan fingerprint density at radius 3 is 2.77 bits per heavy atom. The van der Waals surface area contributed by atoms with Gasteiger partial charge in [-0.3, -0.25) is 4.98 Å². The second-order valence-corrected chi connectivity index (χ2v) is 7.21. The van der Waals surface area contributed by atoms with E-state index >= 15 is 0 Å². The van der Waals surface area contributed by atoms with Crippen LogP contribution in [0.5, 0.6) is 5.75 Å². The molecule has 1 heterocycles. The maximum absolute atomic E-state index is 12.9. The van der Waals surface area contributed by atoms with Crippen molar-refractivity contribution in [3.05, 3.63) is 57.8 Å². The molecule has 1 aromatic carbocycles. The molecule has 1 aromatic heterocycles. The van der Waals surface area contributed by atoms with Gasteiger partial charge in [0.05, 0.1) is 29.4 Å². The van der Waals surface area contributed by atoms with Gasteiger partial charge in [-0.2, -0.15) is 0 Å². The SMILES string of the molecule is COc1cnccc1C(C)NC(=O)N(Cc1ccc(Cl)c(Cl)c1)C1CC1. The second kappa shape index (κ2) is 8.14. The van der Waals surface area contributed by atoms with Crippen molar-refractivity contribution in [1.82, 2.24) is 15.2 Å². The summed E-state index contributed by atoms with van der Waals surface area (Å²) >= 11 is 12.1. The van der Waals surface area contributed by atoms with E-state index < -0.39 is 0 Å². The number of pyridine rings is 1. The number of amides is 2. The van der Waals surface area contributed by atoms with Crippen molar-refractivity contribution in [3.8, 4) is 5.75 Å². The maximum Gasteiger partial charge on any atom is 0.318 e. The minimum absolute atomic E-state index is 0.107. The summed E-state index contributed by atoms with van der Waals surface area (Å²) in [5.41, 5.74) is 1.84. The smallest absolute Gasteiger partial charge is 0.318 e. The van der Waals surface area contributed by atoms with Gasteiger partial charge in [-0.15, -0.1) is 0 Å². The number of nitrogens with zero attached hydrogens (tertiary/aromatic N) is 2. The van der Waals surface area contributed by atoms with E-state index in [9.17, 15) is 4.79 Å². The van der Waals surface area contributed by atoms with Crippen LogP contribution in [0.4, 0.5) is 4.79 Å². The van der Waals surface area contributed by atoms with E-state index in [1.54, 1.807) is 25.6 Å². The van der Waals surface area contributed by atoms with E-state index in [-0.39, 0.29) is 18.1 Å². The predicted octanol–water partition coefficient (Wildman–Crippen LogP) is 4.83. The molecule has 0 saturated heterocycles. The lowest BCUT2D eigenvalue weighted by atomic mass is 10.1. The Labute approximate surface area is 163 Å². The number of nitrogens with one attached hydrogen (secondary N) is 1. The summed E-state index contributed by atoms with van der Waals surface area (Å²) in [6, 6.07) is 7.27. The Hall–Kier alpha value is -1.98. The van der Waals surface area contributed by atoms with Crippen LogP contribution in [0.2, 0.25) is 10.0 Å². The standard InChI is InChI=1S/C19H21Cl2N3O2/c1-12(15-7-8-22-10-18(15)26-2)23-19(25)24(14-4-5-14)11-13-3-6-16(20)17(21)9-13/h3,6-10,12,14H,4-5,11H2,1-2H3,(H,23,25). The number of aromatic nitrogens is 1. The van der Waals surface area contributed by atoms with E-state index in [1.165, 1.54) is 0 Å². The minimum Gasteiger partial charge on any atom is -0.495 e. The predicted molar refractivity (Wildman–Crippen MR) is 103 cm³/mol. The lowest BCUT2D eigenvalue weighted by molar-refractivity contribution is 0.188. The number of hydrogen-bond acceptors (Lipinski definition) is 3. The van der Waals surface area contributed by atoms with E-state index in [1.807, 2.05) is 30.0 Å². The number of carbonyl (C=O) groups excluding carboxylic acids is 1. The molecule has 0 aliphatic heterocycles. The van der Waals surface area contributed by atoms with Gasteiger partial charge in [0.2, 0.25) is 0 Å². The minimum atomic E-state index is -0.199. The molecule has 1 atom stereocenters. The molecular formula is C19H21Cl2N3O2. The van der Waals surface area contributed by atoms with Crippen molar-refractivity contribution >= 4 is 29.2 Å². The van der Waals surface area contributed by atoms with Gasteiger partial charge < -0.3 is 15.0 Å². The summed E-state index contributed by atoms with van der Waals surface area (Å²) in [4.78, 5) is 18.8. The van der Waals surface area contributed by atoms with Crippen LogP contribution in [-0.4, -0.2) is 29.1 Å². The number of benzene rings is 1. The van der Waals surface area contributed by atoms with Crippen LogP contribution in [0.25, 0.3) is 0 Å². The van der Waals surface area contributed by atoms with Gasteiger partial charge in [-0.1, -0.05) is 29.3 Å². The highest BCUT2D eigenvalue weighted by Gasteiger charge is 2.33. The largest absolute Gasteiger partial charge is 0.495 e. The maximum atomic E-state index is 12.9. The third-order valence-electron chi connectivity index (χ3n) is 4.43. The van der Waals surface area contributed by atoms with Crippen molar-refractivity contribution in [3.63, 3.8) is 0 Å². The Kier molecular flexibility index (Phi) is 5.89. The fraction of sp³-hybridized carbons (Fsp3) is 0.368. The van der Waals surface area contributed by atoms with E-state index in [4.69, 9.17) is 27.9 Å². The molecule has 2 amide bonds. The zero-order chi connectivity index (χ0) is 18.7. The summed E-state index contributed by atoms with van der Waals surface area (Å²) in [6.45, 7) is 2.42. The number of rotatable bonds is 6. The number of hydrogen-bond donors (Lipinski definition) is 1. The van der Waals surface area contributed by atoms with Gasteiger partial charge >= 0.3 is 6.03 Å². The number of halogens is 2. The van der Waals surface area contributed by atoms with Gasteiger partial charge in [0.15, 0.2) is 0 Å². The molecule has 1 unspecified atom stereocenters. The van der Waals surface area contributed by atoms with Crippen molar-refractivity contribution in [2.45, 2.75) is 38.4 Å². The van der Waals surface area contributed by atoms with Gasteiger partial charge in [0.1, 0.15) is 5.75 Å². The molecule has 0 radical (unpaired) electrons. The average Bonchev–Trinajstić information content (AvgIpc) is 3.47. The topological polar surface area (TPSA) is 54.5 Å². The number of urea groups is 1. The summed E-state index contributed by atoms with van der Waals surface area (Å²) in [6.07, 6.45) is 5.37. The first-order valence-corrected chi connectivity index (χ1v) is 9.24. The first-order chi connectivity index (χ1) is 12.5. The third-order valence-corrected chi connectivity index (χ3v) is 5.17. The van der Waals surface area contributed by atoms with E-state index in [2.05, 4.69) is 10.3 Å². The van der Waals surface area contributed by atoms with Crippen LogP contribution in [0, 0.1) is 0 Å². The molecule has 138 valence electrons. The molecule has 26 heavy (non-hydrogen) atoms. The quantitative estimate of drug-likeness (QED) is 0.764. The molecule has 5 nitrogen and oxygen atoms in total. The molecule has 3 rings (SSSR count). The Balaban J connectivity index is 1.71. The molecule has 7 heteroatoms. The summed E-state index contributed by atoms with van der Waals surface area (Å²) in [7, 11) is 1.59. The first kappa shape index (κ1) is 18.8.